The highest BCUT2D eigenvalue weighted by Crippen LogP contribution is 2.74. The van der Waals surface area contributed by atoms with Crippen LogP contribution in [-0.2, 0) is 4.79 Å². The summed E-state index contributed by atoms with van der Waals surface area (Å²) in [7, 11) is 0. The molecular weight excluding hydrogens is 206 g/mol. The summed E-state index contributed by atoms with van der Waals surface area (Å²) in [5.74, 6) is 3.05. The van der Waals surface area contributed by atoms with Crippen molar-refractivity contribution in [3.63, 3.8) is 0 Å². The molecule has 4 rings (SSSR count). The van der Waals surface area contributed by atoms with E-state index in [4.69, 9.17) is 5.73 Å². The average molecular weight is 216 g/mol. The first-order valence-electron chi connectivity index (χ1n) is 4.15. The maximum atomic E-state index is 11.0. The molecule has 0 aliphatic heterocycles. The van der Waals surface area contributed by atoms with Crippen LogP contribution in [0.25, 0.3) is 0 Å². The van der Waals surface area contributed by atoms with E-state index in [1.165, 1.54) is 6.42 Å². The number of carbonyl (C=O) groups is 1. The van der Waals surface area contributed by atoms with Crippen LogP contribution in [0, 0.1) is 29.6 Å². The normalized spacial score (nSPS) is 63.4. The van der Waals surface area contributed by atoms with E-state index in [0.29, 0.717) is 16.7 Å². The lowest BCUT2D eigenvalue weighted by molar-refractivity contribution is -0.122. The highest BCUT2D eigenvalue weighted by atomic mass is 79.9. The number of amides is 1. The second-order valence-corrected chi connectivity index (χ2v) is 5.15. The van der Waals surface area contributed by atoms with Crippen molar-refractivity contribution in [3.8, 4) is 0 Å². The lowest BCUT2D eigenvalue weighted by atomic mass is 9.98. The van der Waals surface area contributed by atoms with E-state index < -0.39 is 0 Å². The number of carbonyl (C=O) groups excluding carboxylic acids is 1. The maximum absolute atomic E-state index is 11.0. The molecule has 0 spiro atoms. The van der Waals surface area contributed by atoms with Gasteiger partial charge in [0.05, 0.1) is 0 Å². The predicted molar refractivity (Wildman–Crippen MR) is 44.0 cm³/mol. The molecule has 0 radical (unpaired) electrons. The van der Waals surface area contributed by atoms with Crippen molar-refractivity contribution in [1.82, 2.24) is 0 Å². The van der Waals surface area contributed by atoms with Gasteiger partial charge in [-0.15, -0.1) is 0 Å². The molecule has 0 heterocycles. The largest absolute Gasteiger partial charge is 0.369 e. The SMILES string of the molecule is NC(=O)[C@H]1[C@H]2C[C@@H]3[C@H]([C@@H]2Br)[C@@H]31. The molecule has 2 nitrogen and oxygen atoms in total. The minimum absolute atomic E-state index is 0.0630. The quantitative estimate of drug-likeness (QED) is 0.645. The van der Waals surface area contributed by atoms with Crippen molar-refractivity contribution in [2.75, 3.05) is 0 Å². The fourth-order valence-electron chi connectivity index (χ4n) is 3.46. The highest BCUT2D eigenvalue weighted by molar-refractivity contribution is 9.09. The number of hydrogen-bond acceptors (Lipinski definition) is 1. The molecule has 4 bridgehead atoms. The molecule has 3 heteroatoms. The van der Waals surface area contributed by atoms with Gasteiger partial charge < -0.3 is 5.73 Å². The first-order valence-corrected chi connectivity index (χ1v) is 5.07. The number of alkyl halides is 1. The Labute approximate surface area is 73.6 Å². The van der Waals surface area contributed by atoms with E-state index in [-0.39, 0.29) is 11.8 Å². The zero-order chi connectivity index (χ0) is 7.75. The lowest BCUT2D eigenvalue weighted by Crippen LogP contribution is -2.27. The first-order chi connectivity index (χ1) is 5.22. The second kappa shape index (κ2) is 1.65. The minimum atomic E-state index is -0.0630. The average Bonchev–Trinajstić information content (AvgIpc) is 2.33. The van der Waals surface area contributed by atoms with Gasteiger partial charge in [-0.2, -0.15) is 0 Å². The number of primary amides is 1. The minimum Gasteiger partial charge on any atom is -0.369 e. The van der Waals surface area contributed by atoms with E-state index in [2.05, 4.69) is 15.9 Å². The van der Waals surface area contributed by atoms with Crippen LogP contribution in [0.5, 0.6) is 0 Å². The van der Waals surface area contributed by atoms with Crippen LogP contribution in [-0.4, -0.2) is 10.7 Å². The summed E-state index contributed by atoms with van der Waals surface area (Å²) < 4.78 is 0. The smallest absolute Gasteiger partial charge is 0.221 e. The summed E-state index contributed by atoms with van der Waals surface area (Å²) in [4.78, 5) is 11.6. The van der Waals surface area contributed by atoms with Crippen LogP contribution in [0.15, 0.2) is 0 Å². The first kappa shape index (κ1) is 6.46. The highest BCUT2D eigenvalue weighted by Gasteiger charge is 2.74. The van der Waals surface area contributed by atoms with E-state index in [9.17, 15) is 4.79 Å². The third-order valence-electron chi connectivity index (χ3n) is 3.82. The summed E-state index contributed by atoms with van der Waals surface area (Å²) in [5, 5.41) is 0. The van der Waals surface area contributed by atoms with Crippen molar-refractivity contribution in [2.24, 2.45) is 35.3 Å². The van der Waals surface area contributed by atoms with Crippen molar-refractivity contribution in [3.05, 3.63) is 0 Å². The number of hydrogen-bond donors (Lipinski definition) is 1. The Morgan fingerprint density at radius 1 is 1.36 bits per heavy atom. The van der Waals surface area contributed by atoms with Crippen LogP contribution in [0.4, 0.5) is 0 Å². The molecule has 0 aromatic carbocycles. The molecule has 2 N–H and O–H groups in total. The van der Waals surface area contributed by atoms with Gasteiger partial charge in [0.25, 0.3) is 0 Å². The molecule has 0 saturated heterocycles. The van der Waals surface area contributed by atoms with Gasteiger partial charge in [0.2, 0.25) is 5.91 Å². The summed E-state index contributed by atoms with van der Waals surface area (Å²) in [6.07, 6.45) is 1.25. The van der Waals surface area contributed by atoms with Crippen molar-refractivity contribution in [1.29, 1.82) is 0 Å². The summed E-state index contributed by atoms with van der Waals surface area (Å²) in [5.41, 5.74) is 5.33. The lowest BCUT2D eigenvalue weighted by Gasteiger charge is -2.12. The molecule has 0 aromatic heterocycles. The maximum Gasteiger partial charge on any atom is 0.221 e. The summed E-state index contributed by atoms with van der Waals surface area (Å²) >= 11 is 3.65. The molecule has 6 atom stereocenters. The standard InChI is InChI=1S/C8H10BrNO/c9-7-3-1-2-4(5(2)7)6(3)8(10)11/h2-7H,1H2,(H2,10,11)/t2-,3+,4+,5-,6-,7+/m0/s1. The molecule has 0 unspecified atom stereocenters. The third-order valence-corrected chi connectivity index (χ3v) is 5.11. The van der Waals surface area contributed by atoms with Crippen LogP contribution in [0.3, 0.4) is 0 Å². The topological polar surface area (TPSA) is 43.1 Å². The Balaban J connectivity index is 1.97. The Morgan fingerprint density at radius 2 is 2.09 bits per heavy atom. The van der Waals surface area contributed by atoms with Crippen molar-refractivity contribution >= 4 is 21.8 Å². The number of nitrogens with two attached hydrogens (primary N) is 1. The predicted octanol–water partition coefficient (Wildman–Crippen LogP) is 0.747. The molecule has 0 aromatic rings. The van der Waals surface area contributed by atoms with Crippen LogP contribution in [0.1, 0.15) is 6.42 Å². The molecule has 11 heavy (non-hydrogen) atoms. The van der Waals surface area contributed by atoms with Gasteiger partial charge in [-0.25, -0.2) is 0 Å². The van der Waals surface area contributed by atoms with Gasteiger partial charge in [0.1, 0.15) is 0 Å². The second-order valence-electron chi connectivity index (χ2n) is 4.09. The van der Waals surface area contributed by atoms with Gasteiger partial charge in [-0.3, -0.25) is 4.79 Å². The van der Waals surface area contributed by atoms with Gasteiger partial charge in [-0.05, 0) is 30.1 Å². The van der Waals surface area contributed by atoms with E-state index in [1.807, 2.05) is 0 Å². The molecular formula is C8H10BrNO. The van der Waals surface area contributed by atoms with E-state index in [0.717, 1.165) is 11.8 Å². The number of halogens is 1. The Hall–Kier alpha value is -0.0500. The van der Waals surface area contributed by atoms with Crippen molar-refractivity contribution in [2.45, 2.75) is 11.2 Å². The Morgan fingerprint density at radius 3 is 2.27 bits per heavy atom. The zero-order valence-corrected chi connectivity index (χ0v) is 7.62. The molecule has 4 fully saturated rings. The van der Waals surface area contributed by atoms with Gasteiger partial charge >= 0.3 is 0 Å². The fraction of sp³-hybridized carbons (Fsp3) is 0.875. The van der Waals surface area contributed by atoms with E-state index >= 15 is 0 Å². The Kier molecular flexibility index (Phi) is 0.972. The van der Waals surface area contributed by atoms with Gasteiger partial charge in [0, 0.05) is 10.7 Å². The van der Waals surface area contributed by atoms with Crippen LogP contribution in [0.2, 0.25) is 0 Å². The third kappa shape index (κ3) is 0.546. The molecule has 4 saturated carbocycles. The fourth-order valence-corrected chi connectivity index (χ4v) is 4.75. The molecule has 60 valence electrons. The Bertz CT molecular complexity index is 242. The van der Waals surface area contributed by atoms with Crippen molar-refractivity contribution < 1.29 is 4.79 Å². The summed E-state index contributed by atoms with van der Waals surface area (Å²) in [6.45, 7) is 0. The zero-order valence-electron chi connectivity index (χ0n) is 6.03. The van der Waals surface area contributed by atoms with E-state index in [1.54, 1.807) is 0 Å². The van der Waals surface area contributed by atoms with Gasteiger partial charge in [0.15, 0.2) is 0 Å². The van der Waals surface area contributed by atoms with Crippen LogP contribution < -0.4 is 5.73 Å². The molecule has 1 amide bonds. The molecule has 4 aliphatic rings. The summed E-state index contributed by atoms with van der Waals surface area (Å²) in [6, 6.07) is 0. The van der Waals surface area contributed by atoms with Gasteiger partial charge in [-0.1, -0.05) is 15.9 Å². The molecule has 4 aliphatic carbocycles. The monoisotopic (exact) mass is 215 g/mol. The van der Waals surface area contributed by atoms with Crippen LogP contribution >= 0.6 is 15.9 Å². The number of rotatable bonds is 1.